The summed E-state index contributed by atoms with van der Waals surface area (Å²) in [7, 11) is 1.59. The Morgan fingerprint density at radius 2 is 1.54 bits per heavy atom. The van der Waals surface area contributed by atoms with E-state index in [1.807, 2.05) is 25.5 Å². The number of nitrogen functional groups attached to an aromatic ring is 1. The molecule has 5 fully saturated rings. The molecule has 4 aliphatic heterocycles. The fourth-order valence-corrected chi connectivity index (χ4v) is 10.2. The normalized spacial score (nSPS) is 19.7. The van der Waals surface area contributed by atoms with Crippen molar-refractivity contribution in [1.29, 1.82) is 0 Å². The van der Waals surface area contributed by atoms with Gasteiger partial charge in [0, 0.05) is 97.1 Å². The van der Waals surface area contributed by atoms with E-state index < -0.39 is 35.2 Å². The number of piperazine rings is 2. The highest BCUT2D eigenvalue weighted by atomic mass is 19.1. The number of hydrogen-bond donors (Lipinski definition) is 2. The highest BCUT2D eigenvalue weighted by Gasteiger charge is 2.38. The van der Waals surface area contributed by atoms with Gasteiger partial charge in [-0.15, -0.1) is 0 Å². The van der Waals surface area contributed by atoms with Gasteiger partial charge in [0.25, 0.3) is 5.91 Å². The van der Waals surface area contributed by atoms with Gasteiger partial charge >= 0.3 is 6.09 Å². The molecule has 5 aliphatic rings. The van der Waals surface area contributed by atoms with E-state index >= 15 is 8.78 Å². The van der Waals surface area contributed by atoms with Gasteiger partial charge in [0.1, 0.15) is 35.3 Å². The summed E-state index contributed by atoms with van der Waals surface area (Å²) in [4.78, 5) is 79.5. The molecule has 5 aromatic rings. The molecule has 21 nitrogen and oxygen atoms in total. The summed E-state index contributed by atoms with van der Waals surface area (Å²) < 4.78 is 44.2. The molecule has 0 radical (unpaired) electrons. The Balaban J connectivity index is 0.668. The van der Waals surface area contributed by atoms with Crippen molar-refractivity contribution in [3.63, 3.8) is 0 Å². The lowest BCUT2D eigenvalue weighted by atomic mass is 9.96. The van der Waals surface area contributed by atoms with Crippen LogP contribution in [-0.4, -0.2) is 165 Å². The van der Waals surface area contributed by atoms with Gasteiger partial charge in [0.15, 0.2) is 35.5 Å². The highest BCUT2D eigenvalue weighted by molar-refractivity contribution is 6.02. The minimum atomic E-state index is -0.701. The van der Waals surface area contributed by atoms with Gasteiger partial charge in [0.2, 0.25) is 11.8 Å². The number of hydrogen-bond acceptors (Lipinski definition) is 17. The van der Waals surface area contributed by atoms with Gasteiger partial charge in [-0.05, 0) is 70.9 Å². The first-order valence-corrected chi connectivity index (χ1v) is 24.4. The van der Waals surface area contributed by atoms with Crippen molar-refractivity contribution in [2.45, 2.75) is 76.8 Å². The van der Waals surface area contributed by atoms with Crippen LogP contribution in [0, 0.1) is 17.6 Å². The molecule has 0 spiro atoms. The maximum Gasteiger partial charge on any atom is 0.410 e. The van der Waals surface area contributed by atoms with E-state index in [9.17, 15) is 19.2 Å². The molecular weight excluding hydrogens is 921 g/mol. The quantitative estimate of drug-likeness (QED) is 0.178. The maximum atomic E-state index is 15.4. The molecule has 71 heavy (non-hydrogen) atoms. The molecule has 10 rings (SSSR count). The number of fused-ring (bicyclic) bond motifs is 1. The lowest BCUT2D eigenvalue weighted by Crippen LogP contribution is -2.51. The summed E-state index contributed by atoms with van der Waals surface area (Å²) in [6.45, 7) is 11.6. The minimum absolute atomic E-state index is 0.0853. The van der Waals surface area contributed by atoms with E-state index in [-0.39, 0.29) is 54.4 Å². The first kappa shape index (κ1) is 47.6. The second kappa shape index (κ2) is 19.3. The van der Waals surface area contributed by atoms with E-state index in [4.69, 9.17) is 30.1 Å². The number of carbonyl (C=O) groups is 4. The number of nitrogens with one attached hydrogen (secondary N) is 1. The van der Waals surface area contributed by atoms with Gasteiger partial charge in [-0.3, -0.25) is 24.6 Å². The smallest absolute Gasteiger partial charge is 0.410 e. The number of rotatable bonds is 11. The molecule has 1 aliphatic carbocycles. The molecule has 4 saturated heterocycles. The van der Waals surface area contributed by atoms with Crippen LogP contribution in [0.4, 0.5) is 36.5 Å². The summed E-state index contributed by atoms with van der Waals surface area (Å²) in [5, 5.41) is 12.3. The molecule has 3 N–H and O–H groups in total. The van der Waals surface area contributed by atoms with Crippen LogP contribution in [-0.2, 0) is 24.7 Å². The van der Waals surface area contributed by atoms with Gasteiger partial charge in [0.05, 0.1) is 34.6 Å². The Kier molecular flexibility index (Phi) is 12.9. The maximum absolute atomic E-state index is 15.4. The summed E-state index contributed by atoms with van der Waals surface area (Å²) in [6.07, 6.45) is 8.37. The van der Waals surface area contributed by atoms with Crippen LogP contribution in [0.1, 0.15) is 71.0 Å². The number of carbonyl (C=O) groups excluding carboxylic acids is 4. The second-order valence-corrected chi connectivity index (χ2v) is 20.2. The van der Waals surface area contributed by atoms with E-state index in [1.165, 1.54) is 23.4 Å². The molecular formula is C48H59F2N15O6. The number of nitrogens with zero attached hydrogens (tertiary/aromatic N) is 13. The standard InChI is InChI=1S/C48H59F2N15O6/c1-48(2,3)65-45-38(43(51)54-27-55-45)39(57-65)40-37(42(71-58-40)29-5-6-29)44-52-23-31(24-53-44)61-17-19-64(20-18-61)47(69)70-26-36(67)62-11-9-28(10-12-62)25-60-13-15-63(16-14-60)41-32(49)21-30(22-33(41)50)59(4)34-7-8-35(66)56-46(34)68/h21-24,27-29,34H,5-20,25-26H2,1-4H3,(H2,51,54,55)(H,56,66,68)/t34-/m0/s1. The molecule has 8 heterocycles. The molecule has 0 unspecified atom stereocenters. The van der Waals surface area contributed by atoms with Crippen molar-refractivity contribution < 1.29 is 37.2 Å². The van der Waals surface area contributed by atoms with Crippen molar-refractivity contribution in [2.75, 3.05) is 106 Å². The second-order valence-electron chi connectivity index (χ2n) is 20.2. The zero-order chi connectivity index (χ0) is 49.7. The number of piperidine rings is 2. The molecule has 376 valence electrons. The molecule has 4 aromatic heterocycles. The third-order valence-electron chi connectivity index (χ3n) is 14.4. The van der Waals surface area contributed by atoms with E-state index in [0.29, 0.717) is 111 Å². The van der Waals surface area contributed by atoms with Gasteiger partial charge in [-0.1, -0.05) is 5.16 Å². The van der Waals surface area contributed by atoms with E-state index in [0.717, 1.165) is 37.9 Å². The van der Waals surface area contributed by atoms with Crippen LogP contribution in [0.25, 0.3) is 33.8 Å². The predicted molar refractivity (Wildman–Crippen MR) is 257 cm³/mol. The largest absolute Gasteiger partial charge is 0.439 e. The summed E-state index contributed by atoms with van der Waals surface area (Å²) in [5.74, 6) is -0.474. The van der Waals surface area contributed by atoms with Gasteiger partial charge in [-0.25, -0.2) is 38.2 Å². The van der Waals surface area contributed by atoms with Crippen LogP contribution in [0.5, 0.6) is 0 Å². The summed E-state index contributed by atoms with van der Waals surface area (Å²) in [5.41, 5.74) is 9.17. The number of likely N-dealkylation sites (N-methyl/N-ethyl adjacent to an activating group) is 1. The number of nitrogens with two attached hydrogens (primary N) is 1. The Morgan fingerprint density at radius 1 is 0.859 bits per heavy atom. The average molecular weight is 980 g/mol. The predicted octanol–water partition coefficient (Wildman–Crippen LogP) is 3.99. The molecule has 1 aromatic carbocycles. The Morgan fingerprint density at radius 3 is 2.18 bits per heavy atom. The number of anilines is 4. The number of aromatic nitrogens is 7. The fourth-order valence-electron chi connectivity index (χ4n) is 10.2. The summed E-state index contributed by atoms with van der Waals surface area (Å²) in [6, 6.07) is 1.79. The lowest BCUT2D eigenvalue weighted by Gasteiger charge is -2.40. The number of ether oxygens (including phenoxy) is 1. The minimum Gasteiger partial charge on any atom is -0.439 e. The SMILES string of the molecule is CN(c1cc(F)c(N2CCN(CC3CCN(C(=O)COC(=O)N4CCN(c5cnc(-c6c(-c7nn(C(C)(C)C)c8ncnc(N)c78)noc6C6CC6)nc5)CC4)CC3)CC2)c(F)c1)[C@H]1CCC(=O)NC1=O. The van der Waals surface area contributed by atoms with Crippen molar-refractivity contribution in [1.82, 2.24) is 54.9 Å². The van der Waals surface area contributed by atoms with Crippen LogP contribution < -0.4 is 25.8 Å². The lowest BCUT2D eigenvalue weighted by molar-refractivity contribution is -0.136. The number of imide groups is 1. The van der Waals surface area contributed by atoms with E-state index in [1.54, 1.807) is 34.1 Å². The Hall–Kier alpha value is -7.04. The third kappa shape index (κ3) is 9.74. The number of likely N-dealkylation sites (tertiary alicyclic amines) is 1. The first-order valence-electron chi connectivity index (χ1n) is 24.4. The van der Waals surface area contributed by atoms with Crippen molar-refractivity contribution in [3.8, 4) is 22.8 Å². The molecule has 1 saturated carbocycles. The van der Waals surface area contributed by atoms with Gasteiger partial charge in [-0.2, -0.15) is 5.10 Å². The molecule has 0 bridgehead atoms. The highest BCUT2D eigenvalue weighted by Crippen LogP contribution is 2.48. The zero-order valence-corrected chi connectivity index (χ0v) is 40.4. The van der Waals surface area contributed by atoms with Crippen molar-refractivity contribution in [2.24, 2.45) is 5.92 Å². The van der Waals surface area contributed by atoms with Crippen LogP contribution in [0.3, 0.4) is 0 Å². The zero-order valence-electron chi connectivity index (χ0n) is 40.4. The van der Waals surface area contributed by atoms with Crippen LogP contribution in [0.2, 0.25) is 0 Å². The number of halogens is 2. The number of amides is 4. The van der Waals surface area contributed by atoms with Crippen LogP contribution in [0.15, 0.2) is 35.4 Å². The van der Waals surface area contributed by atoms with E-state index in [2.05, 4.69) is 30.2 Å². The molecule has 23 heteroatoms. The average Bonchev–Trinajstić information content (AvgIpc) is 3.98. The van der Waals surface area contributed by atoms with Crippen molar-refractivity contribution in [3.05, 3.63) is 48.2 Å². The topological polar surface area (TPSA) is 230 Å². The first-order chi connectivity index (χ1) is 34.1. The fraction of sp³-hybridized carbons (Fsp3) is 0.542. The van der Waals surface area contributed by atoms with Crippen LogP contribution >= 0.6 is 0 Å². The van der Waals surface area contributed by atoms with Crippen molar-refractivity contribution >= 4 is 57.7 Å². The monoisotopic (exact) mass is 979 g/mol. The Bertz CT molecular complexity index is 2800. The molecule has 4 amide bonds. The number of benzene rings is 1. The third-order valence-corrected chi connectivity index (χ3v) is 14.4. The molecule has 1 atom stereocenters. The van der Waals surface area contributed by atoms with Gasteiger partial charge < -0.3 is 39.5 Å². The Labute approximate surface area is 408 Å². The summed E-state index contributed by atoms with van der Waals surface area (Å²) >= 11 is 0.